The summed E-state index contributed by atoms with van der Waals surface area (Å²) in [6.07, 6.45) is -3.09. The van der Waals surface area contributed by atoms with Crippen molar-refractivity contribution in [2.45, 2.75) is 18.3 Å². The third-order valence-corrected chi connectivity index (χ3v) is 1.42. The highest BCUT2D eigenvalue weighted by Crippen LogP contribution is 2.02. The van der Waals surface area contributed by atoms with Gasteiger partial charge in [0.2, 0.25) is 0 Å². The molecule has 1 aliphatic rings. The molecule has 0 aromatic carbocycles. The molecule has 1 fully saturated rings. The third-order valence-electron chi connectivity index (χ3n) is 1.42. The molecule has 1 saturated heterocycles. The Hall–Kier alpha value is -0.160. The summed E-state index contributed by atoms with van der Waals surface area (Å²) in [5.74, 6) is 0. The zero-order valence-corrected chi connectivity index (χ0v) is 4.94. The summed E-state index contributed by atoms with van der Waals surface area (Å²) in [7, 11) is 0. The van der Waals surface area contributed by atoms with Gasteiger partial charge in [-0.05, 0) is 0 Å². The quantitative estimate of drug-likeness (QED) is 0.300. The van der Waals surface area contributed by atoms with Crippen molar-refractivity contribution in [2.24, 2.45) is 0 Å². The van der Waals surface area contributed by atoms with Gasteiger partial charge < -0.3 is 20.6 Å². The molecule has 0 unspecified atom stereocenters. The Labute approximate surface area is 54.6 Å². The fraction of sp³-hybridized carbons (Fsp3) is 1.00. The molecule has 0 saturated carbocycles. The van der Waals surface area contributed by atoms with Gasteiger partial charge in [0.15, 0.2) is 0 Å². The Morgan fingerprint density at radius 1 is 1.22 bits per heavy atom. The molecule has 2 atom stereocenters. The maximum absolute atomic E-state index is 8.95. The standard InChI is InChI=1S/C5H11NO3/c7-3-1-6-2-4(8)5(3)9/h3-9H,1-2H2/t3-,4-/m1/s1/i/hD. The Morgan fingerprint density at radius 3 is 2.11 bits per heavy atom. The van der Waals surface area contributed by atoms with Gasteiger partial charge in [-0.3, -0.25) is 0 Å². The lowest BCUT2D eigenvalue weighted by atomic mass is 10.0. The molecule has 0 aromatic heterocycles. The van der Waals surface area contributed by atoms with Crippen molar-refractivity contribution < 1.29 is 16.7 Å². The molecule has 1 rings (SSSR count). The molecule has 4 heteroatoms. The summed E-state index contributed by atoms with van der Waals surface area (Å²) in [5, 5.41) is 27.9. The topological polar surface area (TPSA) is 72.7 Å². The van der Waals surface area contributed by atoms with Crippen LogP contribution in [0.5, 0.6) is 0 Å². The van der Waals surface area contributed by atoms with Crippen molar-refractivity contribution in [3.05, 3.63) is 0 Å². The molecule has 0 spiro atoms. The molecule has 0 bridgehead atoms. The number of hydrogen-bond acceptors (Lipinski definition) is 4. The number of β-amino-alcohol motifs (C(OH)–C–C–N with tert-alkyl or cyclic N) is 2. The smallest absolute Gasteiger partial charge is 0.122 e. The number of piperidine rings is 1. The normalized spacial score (nSPS) is 42.8. The maximum Gasteiger partial charge on any atom is 0.122 e. The van der Waals surface area contributed by atoms with E-state index in [1.54, 1.807) is 0 Å². The number of hydrogen-bond donors (Lipinski definition) is 4. The summed E-state index contributed by atoms with van der Waals surface area (Å²) in [6, 6.07) is 0. The lowest BCUT2D eigenvalue weighted by Gasteiger charge is -2.28. The van der Waals surface area contributed by atoms with E-state index in [0.717, 1.165) is 5.31 Å². The van der Waals surface area contributed by atoms with E-state index in [-0.39, 0.29) is 13.1 Å². The molecule has 0 aliphatic carbocycles. The highest BCUT2D eigenvalue weighted by Gasteiger charge is 2.27. The lowest BCUT2D eigenvalue weighted by Crippen LogP contribution is -2.53. The lowest BCUT2D eigenvalue weighted by molar-refractivity contribution is -0.0750. The summed E-state index contributed by atoms with van der Waals surface area (Å²) in [5.41, 5.74) is 0. The Bertz CT molecular complexity index is 111. The summed E-state index contributed by atoms with van der Waals surface area (Å²) in [4.78, 5) is 0. The van der Waals surface area contributed by atoms with Gasteiger partial charge in [0.25, 0.3) is 0 Å². The van der Waals surface area contributed by atoms with Gasteiger partial charge in [-0.1, -0.05) is 0 Å². The minimum Gasteiger partial charge on any atom is -0.389 e. The van der Waals surface area contributed by atoms with Crippen molar-refractivity contribution in [1.82, 2.24) is 5.31 Å². The molecule has 4 nitrogen and oxygen atoms in total. The minimum absolute atomic E-state index is 0.0955. The molecule has 1 heterocycles. The van der Waals surface area contributed by atoms with Crippen LogP contribution in [0.25, 0.3) is 0 Å². The first-order chi connectivity index (χ1) is 4.61. The van der Waals surface area contributed by atoms with E-state index in [2.05, 4.69) is 0 Å². The van der Waals surface area contributed by atoms with E-state index in [1.807, 2.05) is 0 Å². The van der Waals surface area contributed by atoms with Crippen molar-refractivity contribution in [3.63, 3.8) is 0 Å². The summed E-state index contributed by atoms with van der Waals surface area (Å²) < 4.78 is 7.02. The van der Waals surface area contributed by atoms with Crippen LogP contribution < -0.4 is 5.31 Å². The molecule has 0 aromatic rings. The number of rotatable bonds is 0. The molecule has 0 amide bonds. The molecule has 4 N–H and O–H groups in total. The van der Waals surface area contributed by atoms with E-state index in [9.17, 15) is 0 Å². The Morgan fingerprint density at radius 2 is 1.67 bits per heavy atom. The fourth-order valence-corrected chi connectivity index (χ4v) is 0.812. The van der Waals surface area contributed by atoms with Crippen LogP contribution in [0.2, 0.25) is 1.41 Å². The molecule has 1 aliphatic heterocycles. The van der Waals surface area contributed by atoms with Crippen LogP contribution in [0.3, 0.4) is 0 Å². The second-order valence-corrected chi connectivity index (χ2v) is 2.21. The van der Waals surface area contributed by atoms with Crippen LogP contribution in [0, 0.1) is 0 Å². The van der Waals surface area contributed by atoms with Gasteiger partial charge in [-0.25, -0.2) is 0 Å². The number of nitrogens with one attached hydrogen (secondary N) is 1. The molecular formula is C5H11NO3. The average molecular weight is 134 g/mol. The maximum atomic E-state index is 8.95. The first-order valence-electron chi connectivity index (χ1n) is 3.34. The summed E-state index contributed by atoms with van der Waals surface area (Å²) >= 11 is 0. The van der Waals surface area contributed by atoms with E-state index in [0.29, 0.717) is 0 Å². The largest absolute Gasteiger partial charge is 0.389 e. The van der Waals surface area contributed by atoms with Crippen LogP contribution in [0.15, 0.2) is 0 Å². The van der Waals surface area contributed by atoms with Crippen molar-refractivity contribution >= 4 is 0 Å². The zero-order valence-electron chi connectivity index (χ0n) is 5.94. The van der Waals surface area contributed by atoms with Crippen LogP contribution in [0.4, 0.5) is 0 Å². The summed E-state index contributed by atoms with van der Waals surface area (Å²) in [6.45, 7) is 0.191. The average Bonchev–Trinajstić information content (AvgIpc) is 1.82. The first kappa shape index (κ1) is 5.61. The third kappa shape index (κ3) is 1.40. The van der Waals surface area contributed by atoms with Gasteiger partial charge in [0, 0.05) is 13.1 Å². The first-order valence-corrected chi connectivity index (χ1v) is 2.89. The molecule has 9 heavy (non-hydrogen) atoms. The van der Waals surface area contributed by atoms with Gasteiger partial charge in [0.05, 0.1) is 12.2 Å². The van der Waals surface area contributed by atoms with Gasteiger partial charge in [0.1, 0.15) is 7.52 Å². The van der Waals surface area contributed by atoms with Crippen molar-refractivity contribution in [2.75, 3.05) is 13.1 Å². The van der Waals surface area contributed by atoms with E-state index >= 15 is 0 Å². The van der Waals surface area contributed by atoms with E-state index in [4.69, 9.17) is 16.7 Å². The minimum atomic E-state index is -1.10. The van der Waals surface area contributed by atoms with Crippen LogP contribution in [0.1, 0.15) is 0 Å². The van der Waals surface area contributed by atoms with Crippen molar-refractivity contribution in [3.8, 4) is 0 Å². The number of aliphatic hydroxyl groups is 3. The Kier molecular flexibility index (Phi) is 1.63. The second-order valence-electron chi connectivity index (χ2n) is 2.21. The van der Waals surface area contributed by atoms with Crippen LogP contribution in [-0.2, 0) is 0 Å². The monoisotopic (exact) mass is 134 g/mol. The predicted octanol–water partition coefficient (Wildman–Crippen LogP) is -2.33. The van der Waals surface area contributed by atoms with E-state index in [1.165, 1.54) is 0 Å². The van der Waals surface area contributed by atoms with Gasteiger partial charge in [-0.2, -0.15) is 0 Å². The Balaban J connectivity index is 2.49. The van der Waals surface area contributed by atoms with E-state index < -0.39 is 18.3 Å². The van der Waals surface area contributed by atoms with Gasteiger partial charge in [-0.15, -0.1) is 0 Å². The van der Waals surface area contributed by atoms with Gasteiger partial charge >= 0.3 is 0 Å². The SMILES string of the molecule is [2H]N1C[C@@H](O)C(O)[C@H](O)C1. The number of aliphatic hydroxyl groups excluding tert-OH is 3. The fourth-order valence-electron chi connectivity index (χ4n) is 0.812. The molecule has 54 valence electrons. The highest BCUT2D eigenvalue weighted by molar-refractivity contribution is 4.83. The van der Waals surface area contributed by atoms with Crippen molar-refractivity contribution in [1.29, 1.82) is 0 Å². The highest BCUT2D eigenvalue weighted by atomic mass is 16.4. The molecule has 0 radical (unpaired) electrons. The second kappa shape index (κ2) is 2.62. The van der Waals surface area contributed by atoms with Crippen LogP contribution in [-0.4, -0.2) is 46.7 Å². The van der Waals surface area contributed by atoms with Crippen LogP contribution >= 0.6 is 0 Å². The zero-order chi connectivity index (χ0) is 7.72. The predicted molar refractivity (Wildman–Crippen MR) is 30.9 cm³/mol. The molecular weight excluding hydrogens is 122 g/mol.